The number of benzene rings is 1. The number of aliphatic carboxylic acids is 1. The molecule has 3 aliphatic carbocycles. The smallest absolute Gasteiger partial charge is 0.326 e. The molecule has 1 aromatic rings. The average molecular weight is 709 g/mol. The Balaban J connectivity index is 1.44. The summed E-state index contributed by atoms with van der Waals surface area (Å²) in [5.74, 6) is -3.18. The van der Waals surface area contributed by atoms with Gasteiger partial charge in [-0.2, -0.15) is 11.8 Å². The summed E-state index contributed by atoms with van der Waals surface area (Å²) < 4.78 is 0. The molecule has 4 amide bonds. The number of thioether (sulfide) groups is 1. The Labute approximate surface area is 297 Å². The van der Waals surface area contributed by atoms with Crippen molar-refractivity contribution >= 4 is 47.1 Å². The lowest BCUT2D eigenvalue weighted by Gasteiger charge is -2.39. The largest absolute Gasteiger partial charge is 0.480 e. The summed E-state index contributed by atoms with van der Waals surface area (Å²) in [5, 5.41) is 31.0. The summed E-state index contributed by atoms with van der Waals surface area (Å²) in [5.41, 5.74) is 2.98. The van der Waals surface area contributed by atoms with Gasteiger partial charge in [0.15, 0.2) is 5.78 Å². The number of amides is 4. The summed E-state index contributed by atoms with van der Waals surface area (Å²) in [6.07, 6.45) is 3.61. The van der Waals surface area contributed by atoms with Gasteiger partial charge in [0.25, 0.3) is 0 Å². The summed E-state index contributed by atoms with van der Waals surface area (Å²) in [4.78, 5) is 76.7. The molecule has 1 fully saturated rings. The van der Waals surface area contributed by atoms with E-state index in [4.69, 9.17) is 0 Å². The van der Waals surface area contributed by atoms with E-state index in [2.05, 4.69) is 21.3 Å². The minimum atomic E-state index is -1.45. The number of hydrogen-bond acceptors (Lipinski definition) is 8. The summed E-state index contributed by atoms with van der Waals surface area (Å²) in [7, 11) is 0. The predicted molar refractivity (Wildman–Crippen MR) is 190 cm³/mol. The lowest BCUT2D eigenvalue weighted by atomic mass is 9.67. The number of nitrogens with one attached hydrogen (secondary N) is 4. The third kappa shape index (κ3) is 8.55. The standard InChI is InChI=1S/C37H48N4O8S/c1-20(2)14-28(35(47)48)40-30(43)17-38-33(45)27(16-24-10-8-7-9-11-24)41-34(46)29(39-23(5)42)19-50-18-26-21(3)15-25-31(26)22(4)37(12-13-37)36(6,49)32(25)44/h7-11,15,20,27-29,49H,12-14,16-19H2,1-6H3,(H,38,45)(H,39,42)(H,40,43)(H,41,46)(H,47,48)/t27-,28-,29+,36-/m0/s1. The average Bonchev–Trinajstić information content (AvgIpc) is 3.80. The van der Waals surface area contributed by atoms with Gasteiger partial charge in [0.2, 0.25) is 23.6 Å². The van der Waals surface area contributed by atoms with Crippen LogP contribution in [0.3, 0.4) is 0 Å². The molecule has 50 heavy (non-hydrogen) atoms. The molecule has 0 unspecified atom stereocenters. The number of fused-ring (bicyclic) bond motifs is 1. The van der Waals surface area contributed by atoms with Gasteiger partial charge in [-0.3, -0.25) is 24.0 Å². The number of allylic oxidation sites excluding steroid dienone is 3. The zero-order valence-electron chi connectivity index (χ0n) is 29.5. The Morgan fingerprint density at radius 2 is 1.60 bits per heavy atom. The number of Topliss-reactive ketones (excluding diaryl/α,β-unsaturated/α-hetero) is 1. The van der Waals surface area contributed by atoms with Crippen LogP contribution in [0, 0.1) is 11.3 Å². The van der Waals surface area contributed by atoms with Gasteiger partial charge >= 0.3 is 5.97 Å². The molecular weight excluding hydrogens is 660 g/mol. The van der Waals surface area contributed by atoms with Crippen LogP contribution in [0.2, 0.25) is 0 Å². The molecule has 6 N–H and O–H groups in total. The van der Waals surface area contributed by atoms with Crippen LogP contribution in [0.5, 0.6) is 0 Å². The topological polar surface area (TPSA) is 191 Å². The molecule has 0 saturated heterocycles. The van der Waals surface area contributed by atoms with Gasteiger partial charge in [-0.25, -0.2) is 4.79 Å². The number of rotatable bonds is 16. The molecule has 4 atom stereocenters. The van der Waals surface area contributed by atoms with E-state index in [1.54, 1.807) is 31.2 Å². The van der Waals surface area contributed by atoms with Crippen LogP contribution in [-0.2, 0) is 35.2 Å². The summed E-state index contributed by atoms with van der Waals surface area (Å²) >= 11 is 1.40. The van der Waals surface area contributed by atoms with E-state index < -0.39 is 65.3 Å². The van der Waals surface area contributed by atoms with Crippen molar-refractivity contribution in [1.29, 1.82) is 0 Å². The number of hydrogen-bond donors (Lipinski definition) is 6. The monoisotopic (exact) mass is 708 g/mol. The van der Waals surface area contributed by atoms with E-state index in [-0.39, 0.29) is 30.3 Å². The van der Waals surface area contributed by atoms with E-state index in [1.807, 2.05) is 39.8 Å². The SMILES string of the molecule is CC(=O)N[C@H](CSCC1=C(C)C=C2C(=O)[C@](C)(O)C3(CC3)C(C)=C21)C(=O)N[C@@H](Cc1ccccc1)C(=O)NCC(=O)N[C@@H](CC(C)C)C(=O)O. The minimum absolute atomic E-state index is 0.0179. The third-order valence-corrected chi connectivity index (χ3v) is 10.8. The highest BCUT2D eigenvalue weighted by molar-refractivity contribution is 7.99. The highest BCUT2D eigenvalue weighted by Gasteiger charge is 2.65. The number of aliphatic hydroxyl groups is 1. The maximum absolute atomic E-state index is 13.7. The first-order valence-corrected chi connectivity index (χ1v) is 18.0. The molecule has 0 bridgehead atoms. The van der Waals surface area contributed by atoms with Gasteiger partial charge < -0.3 is 31.5 Å². The van der Waals surface area contributed by atoms with E-state index in [0.717, 1.165) is 40.7 Å². The normalized spacial score (nSPS) is 20.9. The van der Waals surface area contributed by atoms with E-state index in [1.165, 1.54) is 18.7 Å². The maximum Gasteiger partial charge on any atom is 0.326 e. The molecule has 0 radical (unpaired) electrons. The number of carboxylic acids is 1. The van der Waals surface area contributed by atoms with E-state index >= 15 is 0 Å². The molecular formula is C37H48N4O8S. The van der Waals surface area contributed by atoms with Gasteiger partial charge in [-0.15, -0.1) is 0 Å². The fourth-order valence-corrected chi connectivity index (χ4v) is 8.03. The fraction of sp³-hybridized carbons (Fsp3) is 0.514. The molecule has 3 aliphatic rings. The lowest BCUT2D eigenvalue weighted by molar-refractivity contribution is -0.142. The quantitative estimate of drug-likeness (QED) is 0.150. The fourth-order valence-electron chi connectivity index (χ4n) is 6.87. The molecule has 1 aromatic carbocycles. The van der Waals surface area contributed by atoms with Crippen molar-refractivity contribution < 1.29 is 39.0 Å². The Morgan fingerprint density at radius 3 is 2.18 bits per heavy atom. The molecule has 0 aliphatic heterocycles. The van der Waals surface area contributed by atoms with Gasteiger partial charge in [0.05, 0.1) is 6.54 Å². The second-order valence-electron chi connectivity index (χ2n) is 14.0. The summed E-state index contributed by atoms with van der Waals surface area (Å²) in [6.45, 7) is 9.97. The molecule has 1 saturated carbocycles. The van der Waals surface area contributed by atoms with Gasteiger partial charge in [-0.05, 0) is 74.3 Å². The van der Waals surface area contributed by atoms with Crippen LogP contribution in [0.1, 0.15) is 66.4 Å². The Hall–Kier alpha value is -4.23. The van der Waals surface area contributed by atoms with Crippen LogP contribution >= 0.6 is 11.8 Å². The minimum Gasteiger partial charge on any atom is -0.480 e. The van der Waals surface area contributed by atoms with Crippen LogP contribution in [0.25, 0.3) is 0 Å². The molecule has 12 nitrogen and oxygen atoms in total. The first-order chi connectivity index (χ1) is 23.5. The summed E-state index contributed by atoms with van der Waals surface area (Å²) in [6, 6.07) is 5.76. The number of carbonyl (C=O) groups is 6. The van der Waals surface area contributed by atoms with Crippen LogP contribution in [0.4, 0.5) is 0 Å². The Bertz CT molecular complexity index is 1640. The van der Waals surface area contributed by atoms with Crippen molar-refractivity contribution in [2.45, 2.75) is 91.0 Å². The third-order valence-electron chi connectivity index (χ3n) is 9.77. The van der Waals surface area contributed by atoms with Crippen molar-refractivity contribution in [3.8, 4) is 0 Å². The Morgan fingerprint density at radius 1 is 0.940 bits per heavy atom. The lowest BCUT2D eigenvalue weighted by Crippen LogP contribution is -2.56. The molecule has 270 valence electrons. The molecule has 0 aromatic heterocycles. The number of ketones is 1. The highest BCUT2D eigenvalue weighted by Crippen LogP contribution is 2.65. The van der Waals surface area contributed by atoms with Crippen molar-refractivity contribution in [2.75, 3.05) is 18.1 Å². The van der Waals surface area contributed by atoms with Crippen molar-refractivity contribution in [3.05, 3.63) is 69.8 Å². The van der Waals surface area contributed by atoms with Crippen LogP contribution in [-0.4, -0.2) is 87.4 Å². The van der Waals surface area contributed by atoms with Crippen molar-refractivity contribution in [2.24, 2.45) is 11.3 Å². The molecule has 0 heterocycles. The second kappa shape index (κ2) is 15.8. The van der Waals surface area contributed by atoms with Gasteiger partial charge in [0, 0.05) is 35.8 Å². The maximum atomic E-state index is 13.7. The van der Waals surface area contributed by atoms with Gasteiger partial charge in [-0.1, -0.05) is 49.8 Å². The second-order valence-corrected chi connectivity index (χ2v) is 15.1. The predicted octanol–water partition coefficient (Wildman–Crippen LogP) is 2.37. The number of carboxylic acid groups (broad SMARTS) is 1. The first-order valence-electron chi connectivity index (χ1n) is 16.9. The van der Waals surface area contributed by atoms with Crippen LogP contribution < -0.4 is 21.3 Å². The first kappa shape index (κ1) is 38.6. The zero-order chi connectivity index (χ0) is 37.0. The van der Waals surface area contributed by atoms with Crippen molar-refractivity contribution in [3.63, 3.8) is 0 Å². The van der Waals surface area contributed by atoms with E-state index in [0.29, 0.717) is 11.3 Å². The molecule has 4 rings (SSSR count). The molecule has 1 spiro atoms. The Kier molecular flexibility index (Phi) is 12.2. The molecule has 13 heteroatoms. The highest BCUT2D eigenvalue weighted by atomic mass is 32.2. The van der Waals surface area contributed by atoms with Crippen molar-refractivity contribution in [1.82, 2.24) is 21.3 Å². The van der Waals surface area contributed by atoms with Gasteiger partial charge in [0.1, 0.15) is 23.7 Å². The number of carbonyl (C=O) groups excluding carboxylic acids is 5. The van der Waals surface area contributed by atoms with Crippen LogP contribution in [0.15, 0.2) is 64.3 Å². The zero-order valence-corrected chi connectivity index (χ0v) is 30.3. The van der Waals surface area contributed by atoms with E-state index in [9.17, 15) is 39.0 Å².